The topological polar surface area (TPSA) is 91.5 Å². The van der Waals surface area contributed by atoms with E-state index in [0.29, 0.717) is 11.0 Å². The molecule has 0 amide bonds. The van der Waals surface area contributed by atoms with E-state index in [1.807, 2.05) is 11.5 Å². The van der Waals surface area contributed by atoms with Crippen LogP contribution in [0.4, 0.5) is 0 Å². The number of likely N-dealkylation sites (tertiary alicyclic amines) is 1. The molecule has 20 heavy (non-hydrogen) atoms. The molecule has 1 aliphatic heterocycles. The highest BCUT2D eigenvalue weighted by atomic mass is 32.2. The van der Waals surface area contributed by atoms with Crippen molar-refractivity contribution in [2.45, 2.75) is 37.6 Å². The quantitative estimate of drug-likeness (QED) is 0.713. The highest BCUT2D eigenvalue weighted by Crippen LogP contribution is 2.23. The molecule has 0 aliphatic carbocycles. The Morgan fingerprint density at radius 1 is 1.40 bits per heavy atom. The zero-order valence-electron chi connectivity index (χ0n) is 11.5. The molecule has 1 fully saturated rings. The van der Waals surface area contributed by atoms with Crippen molar-refractivity contribution in [3.8, 4) is 0 Å². The maximum atomic E-state index is 10.7. The number of thioether (sulfide) groups is 1. The van der Waals surface area contributed by atoms with E-state index in [-0.39, 0.29) is 18.4 Å². The van der Waals surface area contributed by atoms with E-state index in [1.165, 1.54) is 12.8 Å². The van der Waals surface area contributed by atoms with Crippen molar-refractivity contribution in [2.24, 2.45) is 0 Å². The van der Waals surface area contributed by atoms with Crippen LogP contribution in [0.1, 0.15) is 31.6 Å². The minimum absolute atomic E-state index is 0.0556. The maximum absolute atomic E-state index is 10.7. The Hall–Kier alpha value is -1.12. The maximum Gasteiger partial charge on any atom is 0.313 e. The molecule has 0 radical (unpaired) electrons. The van der Waals surface area contributed by atoms with Crippen molar-refractivity contribution in [3.63, 3.8) is 0 Å². The third-order valence-corrected chi connectivity index (χ3v) is 4.29. The number of aliphatic hydroxyl groups excluding tert-OH is 1. The van der Waals surface area contributed by atoms with Crippen molar-refractivity contribution in [1.82, 2.24) is 19.7 Å². The van der Waals surface area contributed by atoms with Crippen LogP contribution in [-0.4, -0.2) is 61.2 Å². The lowest BCUT2D eigenvalue weighted by atomic mass is 10.3. The largest absolute Gasteiger partial charge is 0.481 e. The van der Waals surface area contributed by atoms with E-state index in [0.717, 1.165) is 31.4 Å². The first-order valence-corrected chi connectivity index (χ1v) is 7.72. The van der Waals surface area contributed by atoms with Crippen LogP contribution < -0.4 is 0 Å². The Morgan fingerprint density at radius 2 is 2.10 bits per heavy atom. The minimum atomic E-state index is -0.887. The predicted octanol–water partition coefficient (Wildman–Crippen LogP) is 0.604. The summed E-state index contributed by atoms with van der Waals surface area (Å²) in [6, 6.07) is 0.113. The van der Waals surface area contributed by atoms with Gasteiger partial charge in [-0.1, -0.05) is 11.8 Å². The van der Waals surface area contributed by atoms with Gasteiger partial charge in [-0.15, -0.1) is 10.2 Å². The monoisotopic (exact) mass is 300 g/mol. The number of hydrogen-bond donors (Lipinski definition) is 2. The Bertz CT molecular complexity index is 460. The average Bonchev–Trinajstić information content (AvgIpc) is 3.04. The first kappa shape index (κ1) is 15.3. The van der Waals surface area contributed by atoms with Gasteiger partial charge in [0, 0.05) is 12.6 Å². The number of nitrogens with zero attached hydrogens (tertiary/aromatic N) is 4. The van der Waals surface area contributed by atoms with Crippen LogP contribution >= 0.6 is 11.8 Å². The van der Waals surface area contributed by atoms with Crippen molar-refractivity contribution in [3.05, 3.63) is 5.82 Å². The second kappa shape index (κ2) is 7.05. The van der Waals surface area contributed by atoms with Crippen LogP contribution in [0, 0.1) is 0 Å². The fourth-order valence-corrected chi connectivity index (χ4v) is 3.28. The molecule has 1 aromatic heterocycles. The Balaban J connectivity index is 2.09. The number of carbonyl (C=O) groups is 1. The lowest BCUT2D eigenvalue weighted by molar-refractivity contribution is -0.133. The molecule has 0 aromatic carbocycles. The molecule has 1 saturated heterocycles. The SMILES string of the molecule is CC(CN1CCCC1)n1c(CO)nnc1SCC(=O)O. The van der Waals surface area contributed by atoms with Gasteiger partial charge in [-0.25, -0.2) is 0 Å². The normalized spacial score (nSPS) is 17.5. The van der Waals surface area contributed by atoms with Gasteiger partial charge < -0.3 is 15.1 Å². The van der Waals surface area contributed by atoms with Gasteiger partial charge in [-0.05, 0) is 32.9 Å². The van der Waals surface area contributed by atoms with Gasteiger partial charge in [0.1, 0.15) is 6.61 Å². The predicted molar refractivity (Wildman–Crippen MR) is 74.7 cm³/mol. The zero-order valence-corrected chi connectivity index (χ0v) is 12.3. The van der Waals surface area contributed by atoms with Crippen molar-refractivity contribution >= 4 is 17.7 Å². The molecular weight excluding hydrogens is 280 g/mol. The second-order valence-electron chi connectivity index (χ2n) is 4.97. The minimum Gasteiger partial charge on any atom is -0.481 e. The Kier molecular flexibility index (Phi) is 5.38. The molecule has 2 rings (SSSR count). The fourth-order valence-electron chi connectivity index (χ4n) is 2.50. The summed E-state index contributed by atoms with van der Waals surface area (Å²) in [4.78, 5) is 13.0. The van der Waals surface area contributed by atoms with Crippen LogP contribution in [0.3, 0.4) is 0 Å². The smallest absolute Gasteiger partial charge is 0.313 e. The Morgan fingerprint density at radius 3 is 2.70 bits per heavy atom. The van der Waals surface area contributed by atoms with Gasteiger partial charge >= 0.3 is 5.97 Å². The number of hydrogen-bond acceptors (Lipinski definition) is 6. The summed E-state index contributed by atoms with van der Waals surface area (Å²) in [5.74, 6) is -0.452. The van der Waals surface area contributed by atoms with Gasteiger partial charge in [-0.2, -0.15) is 0 Å². The summed E-state index contributed by atoms with van der Waals surface area (Å²) >= 11 is 1.14. The number of aliphatic carboxylic acids is 1. The van der Waals surface area contributed by atoms with E-state index in [1.54, 1.807) is 0 Å². The number of aliphatic hydroxyl groups is 1. The summed E-state index contributed by atoms with van der Waals surface area (Å²) in [7, 11) is 0. The summed E-state index contributed by atoms with van der Waals surface area (Å²) in [5.41, 5.74) is 0. The highest BCUT2D eigenvalue weighted by Gasteiger charge is 2.21. The van der Waals surface area contributed by atoms with Gasteiger partial charge in [0.15, 0.2) is 11.0 Å². The van der Waals surface area contributed by atoms with E-state index < -0.39 is 5.97 Å². The molecule has 0 spiro atoms. The van der Waals surface area contributed by atoms with Gasteiger partial charge in [-0.3, -0.25) is 9.36 Å². The number of carboxylic acids is 1. The average molecular weight is 300 g/mol. The fraction of sp³-hybridized carbons (Fsp3) is 0.750. The number of rotatable bonds is 7. The summed E-state index contributed by atoms with van der Waals surface area (Å²) in [6.45, 7) is 4.92. The molecule has 0 bridgehead atoms. The molecule has 0 saturated carbocycles. The number of aromatic nitrogens is 3. The Labute approximate surface area is 122 Å². The third kappa shape index (κ3) is 3.71. The van der Waals surface area contributed by atoms with Crippen LogP contribution in [0.5, 0.6) is 0 Å². The molecular formula is C12H20N4O3S. The van der Waals surface area contributed by atoms with E-state index in [4.69, 9.17) is 5.11 Å². The highest BCUT2D eigenvalue weighted by molar-refractivity contribution is 7.99. The second-order valence-corrected chi connectivity index (χ2v) is 5.91. The van der Waals surface area contributed by atoms with E-state index >= 15 is 0 Å². The van der Waals surface area contributed by atoms with Crippen molar-refractivity contribution in [2.75, 3.05) is 25.4 Å². The van der Waals surface area contributed by atoms with Crippen LogP contribution in [-0.2, 0) is 11.4 Å². The molecule has 2 heterocycles. The first-order chi connectivity index (χ1) is 9.61. The lowest BCUT2D eigenvalue weighted by Crippen LogP contribution is -2.28. The van der Waals surface area contributed by atoms with E-state index in [2.05, 4.69) is 15.1 Å². The van der Waals surface area contributed by atoms with Crippen LogP contribution in [0.25, 0.3) is 0 Å². The standard InChI is InChI=1S/C12H20N4O3S/c1-9(6-15-4-2-3-5-15)16-10(7-17)13-14-12(16)20-8-11(18)19/h9,17H,2-8H2,1H3,(H,18,19). The molecule has 2 N–H and O–H groups in total. The molecule has 8 heteroatoms. The zero-order chi connectivity index (χ0) is 14.5. The molecule has 1 atom stereocenters. The molecule has 7 nitrogen and oxygen atoms in total. The van der Waals surface area contributed by atoms with Gasteiger partial charge in [0.05, 0.1) is 5.75 Å². The first-order valence-electron chi connectivity index (χ1n) is 6.73. The molecule has 1 unspecified atom stereocenters. The van der Waals surface area contributed by atoms with Crippen LogP contribution in [0.2, 0.25) is 0 Å². The van der Waals surface area contributed by atoms with Gasteiger partial charge in [0.25, 0.3) is 0 Å². The summed E-state index contributed by atoms with van der Waals surface area (Å²) in [6.07, 6.45) is 2.45. The van der Waals surface area contributed by atoms with E-state index in [9.17, 15) is 9.90 Å². The lowest BCUT2D eigenvalue weighted by Gasteiger charge is -2.23. The summed E-state index contributed by atoms with van der Waals surface area (Å²) in [5, 5.41) is 26.6. The molecule has 112 valence electrons. The van der Waals surface area contributed by atoms with Crippen molar-refractivity contribution < 1.29 is 15.0 Å². The van der Waals surface area contributed by atoms with Gasteiger partial charge in [0.2, 0.25) is 0 Å². The molecule has 1 aliphatic rings. The van der Waals surface area contributed by atoms with Crippen LogP contribution in [0.15, 0.2) is 5.16 Å². The summed E-state index contributed by atoms with van der Waals surface area (Å²) < 4.78 is 1.85. The third-order valence-electron chi connectivity index (χ3n) is 3.36. The van der Waals surface area contributed by atoms with Crippen molar-refractivity contribution in [1.29, 1.82) is 0 Å². The molecule has 1 aromatic rings. The number of carboxylic acid groups (broad SMARTS) is 1.